The standard InChI is InChI=1S/C14H15N5O2S/c1-4-18-10(13(21)17-14-16-9(3)7-22-14)6-11-15-8(2)5-12(20)19(11)18/h5-7H,4H2,1-3H3,(H,16,17,21). The van der Waals surface area contributed by atoms with Crippen LogP contribution in [0.4, 0.5) is 5.13 Å². The van der Waals surface area contributed by atoms with Crippen LogP contribution >= 0.6 is 11.3 Å². The summed E-state index contributed by atoms with van der Waals surface area (Å²) in [5, 5.41) is 5.15. The summed E-state index contributed by atoms with van der Waals surface area (Å²) >= 11 is 1.36. The lowest BCUT2D eigenvalue weighted by molar-refractivity contribution is 0.101. The Balaban J connectivity index is 2.08. The summed E-state index contributed by atoms with van der Waals surface area (Å²) in [6.45, 7) is 5.97. The van der Waals surface area contributed by atoms with Gasteiger partial charge >= 0.3 is 0 Å². The molecule has 8 heteroatoms. The summed E-state index contributed by atoms with van der Waals surface area (Å²) in [6, 6.07) is 3.07. The van der Waals surface area contributed by atoms with Crippen LogP contribution in [0.2, 0.25) is 0 Å². The maximum Gasteiger partial charge on any atom is 0.275 e. The van der Waals surface area contributed by atoms with Crippen LogP contribution in [0.15, 0.2) is 22.3 Å². The summed E-state index contributed by atoms with van der Waals surface area (Å²) in [7, 11) is 0. The van der Waals surface area contributed by atoms with Crippen LogP contribution in [0.25, 0.3) is 5.65 Å². The number of anilines is 1. The van der Waals surface area contributed by atoms with E-state index in [0.717, 1.165) is 5.69 Å². The number of hydrogen-bond acceptors (Lipinski definition) is 5. The van der Waals surface area contributed by atoms with Crippen molar-refractivity contribution in [2.24, 2.45) is 0 Å². The van der Waals surface area contributed by atoms with E-state index in [1.54, 1.807) is 17.7 Å². The minimum Gasteiger partial charge on any atom is -0.296 e. The molecule has 0 unspecified atom stereocenters. The molecule has 22 heavy (non-hydrogen) atoms. The van der Waals surface area contributed by atoms with Crippen molar-refractivity contribution in [3.63, 3.8) is 0 Å². The van der Waals surface area contributed by atoms with E-state index in [2.05, 4.69) is 15.3 Å². The van der Waals surface area contributed by atoms with E-state index in [9.17, 15) is 9.59 Å². The minimum absolute atomic E-state index is 0.200. The molecule has 114 valence electrons. The van der Waals surface area contributed by atoms with Crippen molar-refractivity contribution in [2.75, 3.05) is 5.32 Å². The van der Waals surface area contributed by atoms with Gasteiger partial charge in [0, 0.05) is 29.8 Å². The van der Waals surface area contributed by atoms with E-state index in [0.29, 0.717) is 28.7 Å². The maximum atomic E-state index is 12.5. The number of carbonyl (C=O) groups is 1. The number of aryl methyl sites for hydroxylation is 3. The molecule has 0 bridgehead atoms. The molecule has 0 saturated carbocycles. The van der Waals surface area contributed by atoms with Gasteiger partial charge in [0.15, 0.2) is 10.8 Å². The van der Waals surface area contributed by atoms with Gasteiger partial charge in [0.2, 0.25) is 0 Å². The summed E-state index contributed by atoms with van der Waals surface area (Å²) in [4.78, 5) is 33.1. The highest BCUT2D eigenvalue weighted by molar-refractivity contribution is 7.13. The van der Waals surface area contributed by atoms with E-state index in [4.69, 9.17) is 0 Å². The topological polar surface area (TPSA) is 81.3 Å². The van der Waals surface area contributed by atoms with Crippen molar-refractivity contribution in [3.8, 4) is 0 Å². The van der Waals surface area contributed by atoms with Crippen LogP contribution in [-0.2, 0) is 6.54 Å². The van der Waals surface area contributed by atoms with Crippen LogP contribution < -0.4 is 10.9 Å². The summed E-state index contributed by atoms with van der Waals surface area (Å²) in [6.07, 6.45) is 0. The van der Waals surface area contributed by atoms with Gasteiger partial charge in [0.1, 0.15) is 5.69 Å². The Morgan fingerprint density at radius 3 is 2.68 bits per heavy atom. The number of thiazole rings is 1. The summed E-state index contributed by atoms with van der Waals surface area (Å²) < 4.78 is 3.02. The van der Waals surface area contributed by atoms with E-state index < -0.39 is 0 Å². The Morgan fingerprint density at radius 1 is 1.27 bits per heavy atom. The predicted octanol–water partition coefficient (Wildman–Crippen LogP) is 1.84. The molecule has 0 aliphatic heterocycles. The lowest BCUT2D eigenvalue weighted by Gasteiger charge is -2.07. The van der Waals surface area contributed by atoms with Gasteiger partial charge in [-0.05, 0) is 20.8 Å². The predicted molar refractivity (Wildman–Crippen MR) is 84.7 cm³/mol. The fourth-order valence-electron chi connectivity index (χ4n) is 2.32. The van der Waals surface area contributed by atoms with Crippen molar-refractivity contribution in [1.29, 1.82) is 0 Å². The highest BCUT2D eigenvalue weighted by atomic mass is 32.1. The van der Waals surface area contributed by atoms with Crippen molar-refractivity contribution in [2.45, 2.75) is 27.3 Å². The quantitative estimate of drug-likeness (QED) is 0.799. The molecule has 1 N–H and O–H groups in total. The fourth-order valence-corrected chi connectivity index (χ4v) is 3.00. The molecule has 0 aromatic carbocycles. The van der Waals surface area contributed by atoms with Crippen LogP contribution in [0.5, 0.6) is 0 Å². The molecule has 0 radical (unpaired) electrons. The molecule has 3 heterocycles. The number of aromatic nitrogens is 4. The first-order valence-corrected chi connectivity index (χ1v) is 7.71. The van der Waals surface area contributed by atoms with E-state index >= 15 is 0 Å². The van der Waals surface area contributed by atoms with Gasteiger partial charge in [-0.3, -0.25) is 19.6 Å². The summed E-state index contributed by atoms with van der Waals surface area (Å²) in [5.74, 6) is -0.307. The molecule has 7 nitrogen and oxygen atoms in total. The van der Waals surface area contributed by atoms with Gasteiger partial charge in [-0.2, -0.15) is 4.52 Å². The van der Waals surface area contributed by atoms with Crippen LogP contribution in [0.3, 0.4) is 0 Å². The summed E-state index contributed by atoms with van der Waals surface area (Å²) in [5.41, 5.74) is 2.12. The first-order valence-electron chi connectivity index (χ1n) is 6.83. The lowest BCUT2D eigenvalue weighted by atomic mass is 10.4. The van der Waals surface area contributed by atoms with Crippen molar-refractivity contribution < 1.29 is 4.79 Å². The highest BCUT2D eigenvalue weighted by Gasteiger charge is 2.17. The number of amides is 1. The number of fused-ring (bicyclic) bond motifs is 1. The number of nitrogens with one attached hydrogen (secondary N) is 1. The largest absolute Gasteiger partial charge is 0.296 e. The molecular formula is C14H15N5O2S. The molecule has 0 aliphatic rings. The second-order valence-electron chi connectivity index (χ2n) is 4.90. The van der Waals surface area contributed by atoms with Crippen LogP contribution in [-0.4, -0.2) is 25.1 Å². The molecule has 3 aromatic rings. The average Bonchev–Trinajstić information content (AvgIpc) is 3.02. The number of rotatable bonds is 3. The maximum absolute atomic E-state index is 12.5. The first kappa shape index (κ1) is 14.5. The molecule has 3 rings (SSSR count). The van der Waals surface area contributed by atoms with Crippen LogP contribution in [0, 0.1) is 13.8 Å². The Bertz CT molecular complexity index is 921. The zero-order valence-electron chi connectivity index (χ0n) is 12.5. The average molecular weight is 317 g/mol. The third kappa shape index (κ3) is 2.41. The normalized spacial score (nSPS) is 11.0. The van der Waals surface area contributed by atoms with Crippen molar-refractivity contribution >= 4 is 28.0 Å². The van der Waals surface area contributed by atoms with E-state index in [1.807, 2.05) is 19.2 Å². The number of hydrogen-bond donors (Lipinski definition) is 1. The van der Waals surface area contributed by atoms with Crippen molar-refractivity contribution in [1.82, 2.24) is 19.2 Å². The lowest BCUT2D eigenvalue weighted by Crippen LogP contribution is -2.24. The Morgan fingerprint density at radius 2 is 2.05 bits per heavy atom. The molecule has 1 amide bonds. The minimum atomic E-state index is -0.307. The molecule has 3 aromatic heterocycles. The molecule has 0 atom stereocenters. The monoisotopic (exact) mass is 317 g/mol. The Kier molecular flexibility index (Phi) is 3.53. The van der Waals surface area contributed by atoms with Gasteiger partial charge in [-0.15, -0.1) is 11.3 Å². The zero-order valence-corrected chi connectivity index (χ0v) is 13.3. The van der Waals surface area contributed by atoms with Gasteiger partial charge in [0.05, 0.1) is 5.69 Å². The van der Waals surface area contributed by atoms with Gasteiger partial charge in [-0.25, -0.2) is 9.97 Å². The molecule has 0 saturated heterocycles. The Labute approximate surface area is 130 Å². The van der Waals surface area contributed by atoms with E-state index in [-0.39, 0.29) is 11.5 Å². The molecular weight excluding hydrogens is 302 g/mol. The van der Waals surface area contributed by atoms with Crippen molar-refractivity contribution in [3.05, 3.63) is 44.9 Å². The fraction of sp³-hybridized carbons (Fsp3) is 0.286. The zero-order chi connectivity index (χ0) is 15.9. The second-order valence-corrected chi connectivity index (χ2v) is 5.76. The van der Waals surface area contributed by atoms with E-state index in [1.165, 1.54) is 21.9 Å². The van der Waals surface area contributed by atoms with Gasteiger partial charge < -0.3 is 0 Å². The number of nitrogens with zero attached hydrogens (tertiary/aromatic N) is 4. The molecule has 0 spiro atoms. The van der Waals surface area contributed by atoms with Gasteiger partial charge in [-0.1, -0.05) is 0 Å². The van der Waals surface area contributed by atoms with Gasteiger partial charge in [0.25, 0.3) is 11.5 Å². The SMILES string of the molecule is CCn1c(C(=O)Nc2nc(C)cs2)cc2nc(C)cc(=O)n21. The third-order valence-corrected chi connectivity index (χ3v) is 4.08. The third-order valence-electron chi connectivity index (χ3n) is 3.21. The first-order chi connectivity index (χ1) is 10.5. The highest BCUT2D eigenvalue weighted by Crippen LogP contribution is 2.16. The Hall–Kier alpha value is -2.48. The molecule has 0 fully saturated rings. The van der Waals surface area contributed by atoms with Crippen LogP contribution in [0.1, 0.15) is 28.8 Å². The number of carbonyl (C=O) groups excluding carboxylic acids is 1. The second kappa shape index (κ2) is 5.38. The molecule has 0 aliphatic carbocycles. The smallest absolute Gasteiger partial charge is 0.275 e.